The minimum atomic E-state index is -0.00754. The van der Waals surface area contributed by atoms with Gasteiger partial charge in [0.2, 0.25) is 0 Å². The fourth-order valence-corrected chi connectivity index (χ4v) is 2.24. The first-order valence-corrected chi connectivity index (χ1v) is 6.29. The monoisotopic (exact) mass is 237 g/mol. The number of carbonyl (C=O) groups is 1. The summed E-state index contributed by atoms with van der Waals surface area (Å²) in [4.78, 5) is 13.7. The van der Waals surface area contributed by atoms with Crippen molar-refractivity contribution >= 4 is 23.1 Å². The molecule has 2 rings (SSSR count). The number of ketones is 1. The number of Topliss-reactive ketones (excluding diaryl/α,β-unsaturated/α-hetero) is 1. The first-order valence-electron chi connectivity index (χ1n) is 5.75. The molecule has 0 bridgehead atoms. The summed E-state index contributed by atoms with van der Waals surface area (Å²) in [5, 5.41) is 0. The van der Waals surface area contributed by atoms with Crippen molar-refractivity contribution in [1.29, 1.82) is 0 Å². The number of rotatable bonds is 3. The van der Waals surface area contributed by atoms with Crippen LogP contribution in [0.5, 0.6) is 0 Å². The van der Waals surface area contributed by atoms with Crippen molar-refractivity contribution < 1.29 is 4.79 Å². The van der Waals surface area contributed by atoms with E-state index in [1.807, 2.05) is 24.3 Å². The van der Waals surface area contributed by atoms with Gasteiger partial charge < -0.3 is 4.90 Å². The van der Waals surface area contributed by atoms with E-state index in [4.69, 9.17) is 11.6 Å². The minimum absolute atomic E-state index is 0.00754. The summed E-state index contributed by atoms with van der Waals surface area (Å²) in [6.45, 7) is 2.26. The molecule has 1 heterocycles. The Bertz CT molecular complexity index is 355. The fraction of sp³-hybridized carbons (Fsp3) is 0.462. The molecule has 0 unspecified atom stereocenters. The van der Waals surface area contributed by atoms with E-state index < -0.39 is 0 Å². The van der Waals surface area contributed by atoms with Gasteiger partial charge in [0.1, 0.15) is 0 Å². The Morgan fingerprint density at radius 1 is 1.12 bits per heavy atom. The molecule has 1 saturated heterocycles. The number of nitrogens with zero attached hydrogens (tertiary/aromatic N) is 1. The second-order valence-corrected chi connectivity index (χ2v) is 4.42. The lowest BCUT2D eigenvalue weighted by atomic mass is 10.1. The number of carbonyl (C=O) groups excluding carboxylic acids is 1. The Morgan fingerprint density at radius 2 is 1.75 bits per heavy atom. The minimum Gasteiger partial charge on any atom is -0.372 e. The third kappa shape index (κ3) is 2.56. The lowest BCUT2D eigenvalue weighted by Gasteiger charge is -2.28. The molecule has 16 heavy (non-hydrogen) atoms. The van der Waals surface area contributed by atoms with E-state index in [1.165, 1.54) is 24.9 Å². The molecule has 0 amide bonds. The van der Waals surface area contributed by atoms with Crippen LogP contribution in [0.2, 0.25) is 0 Å². The van der Waals surface area contributed by atoms with Gasteiger partial charge in [-0.2, -0.15) is 0 Å². The molecule has 0 spiro atoms. The van der Waals surface area contributed by atoms with Crippen LogP contribution in [0.15, 0.2) is 24.3 Å². The second-order valence-electron chi connectivity index (χ2n) is 4.15. The third-order valence-corrected chi connectivity index (χ3v) is 3.27. The summed E-state index contributed by atoms with van der Waals surface area (Å²) in [5.41, 5.74) is 1.92. The van der Waals surface area contributed by atoms with E-state index >= 15 is 0 Å². The zero-order valence-electron chi connectivity index (χ0n) is 9.29. The highest BCUT2D eigenvalue weighted by atomic mass is 35.5. The van der Waals surface area contributed by atoms with E-state index in [0.29, 0.717) is 5.56 Å². The summed E-state index contributed by atoms with van der Waals surface area (Å²) in [7, 11) is 0. The average Bonchev–Trinajstić information content (AvgIpc) is 2.39. The van der Waals surface area contributed by atoms with Gasteiger partial charge in [0.05, 0.1) is 5.88 Å². The number of anilines is 1. The Balaban J connectivity index is 2.09. The van der Waals surface area contributed by atoms with Crippen LogP contribution in [0.1, 0.15) is 29.6 Å². The van der Waals surface area contributed by atoms with Crippen LogP contribution >= 0.6 is 11.6 Å². The summed E-state index contributed by atoms with van der Waals surface area (Å²) >= 11 is 5.52. The Labute approximate surface area is 101 Å². The normalized spacial score (nSPS) is 16.2. The first kappa shape index (κ1) is 11.5. The highest BCUT2D eigenvalue weighted by Crippen LogP contribution is 2.20. The predicted molar refractivity (Wildman–Crippen MR) is 67.6 cm³/mol. The van der Waals surface area contributed by atoms with Gasteiger partial charge in [-0.1, -0.05) is 0 Å². The lowest BCUT2D eigenvalue weighted by molar-refractivity contribution is 0.102. The number of benzene rings is 1. The summed E-state index contributed by atoms with van der Waals surface area (Å²) < 4.78 is 0. The molecule has 1 aliphatic rings. The van der Waals surface area contributed by atoms with E-state index in [2.05, 4.69) is 4.90 Å². The van der Waals surface area contributed by atoms with Gasteiger partial charge in [0.25, 0.3) is 0 Å². The van der Waals surface area contributed by atoms with Gasteiger partial charge in [0, 0.05) is 24.3 Å². The molecule has 1 aromatic carbocycles. The van der Waals surface area contributed by atoms with Crippen molar-refractivity contribution in [1.82, 2.24) is 0 Å². The highest BCUT2D eigenvalue weighted by molar-refractivity contribution is 6.30. The second kappa shape index (κ2) is 5.35. The Hall–Kier alpha value is -1.02. The molecule has 0 aliphatic carbocycles. The zero-order chi connectivity index (χ0) is 11.4. The zero-order valence-corrected chi connectivity index (χ0v) is 10.0. The topological polar surface area (TPSA) is 20.3 Å². The molecule has 0 aromatic heterocycles. The molecular formula is C13H16ClNO. The molecule has 1 aliphatic heterocycles. The molecular weight excluding hydrogens is 222 g/mol. The first-order chi connectivity index (χ1) is 7.81. The fourth-order valence-electron chi connectivity index (χ4n) is 2.09. The van der Waals surface area contributed by atoms with Crippen LogP contribution in [0, 0.1) is 0 Å². The largest absolute Gasteiger partial charge is 0.372 e. The Kier molecular flexibility index (Phi) is 3.83. The number of hydrogen-bond acceptors (Lipinski definition) is 2. The summed E-state index contributed by atoms with van der Waals surface area (Å²) in [6, 6.07) is 7.78. The molecule has 1 fully saturated rings. The lowest BCUT2D eigenvalue weighted by Crippen LogP contribution is -2.29. The number of alkyl halides is 1. The van der Waals surface area contributed by atoms with Gasteiger partial charge in [-0.15, -0.1) is 11.6 Å². The predicted octanol–water partition coefficient (Wildman–Crippen LogP) is 3.10. The van der Waals surface area contributed by atoms with E-state index in [9.17, 15) is 4.79 Å². The number of piperidine rings is 1. The van der Waals surface area contributed by atoms with Crippen LogP contribution in [0.4, 0.5) is 5.69 Å². The maximum Gasteiger partial charge on any atom is 0.177 e. The number of hydrogen-bond donors (Lipinski definition) is 0. The molecule has 0 N–H and O–H groups in total. The van der Waals surface area contributed by atoms with Gasteiger partial charge in [-0.25, -0.2) is 0 Å². The van der Waals surface area contributed by atoms with Crippen molar-refractivity contribution in [3.05, 3.63) is 29.8 Å². The summed E-state index contributed by atoms with van der Waals surface area (Å²) in [5.74, 6) is 0.0511. The molecule has 0 radical (unpaired) electrons. The SMILES string of the molecule is O=C(CCl)c1ccc(N2CCCCC2)cc1. The highest BCUT2D eigenvalue weighted by Gasteiger charge is 2.11. The molecule has 2 nitrogen and oxygen atoms in total. The van der Waals surface area contributed by atoms with Crippen molar-refractivity contribution in [2.45, 2.75) is 19.3 Å². The molecule has 3 heteroatoms. The van der Waals surface area contributed by atoms with Gasteiger partial charge in [0.15, 0.2) is 5.78 Å². The maximum absolute atomic E-state index is 11.4. The van der Waals surface area contributed by atoms with Crippen molar-refractivity contribution in [2.24, 2.45) is 0 Å². The smallest absolute Gasteiger partial charge is 0.177 e. The summed E-state index contributed by atoms with van der Waals surface area (Å²) in [6.07, 6.45) is 3.87. The van der Waals surface area contributed by atoms with Crippen molar-refractivity contribution in [3.63, 3.8) is 0 Å². The molecule has 0 saturated carbocycles. The third-order valence-electron chi connectivity index (χ3n) is 3.03. The molecule has 86 valence electrons. The van der Waals surface area contributed by atoms with Crippen LogP contribution in [-0.2, 0) is 0 Å². The van der Waals surface area contributed by atoms with E-state index in [1.54, 1.807) is 0 Å². The average molecular weight is 238 g/mol. The Morgan fingerprint density at radius 3 is 2.31 bits per heavy atom. The van der Waals surface area contributed by atoms with Gasteiger partial charge in [-0.3, -0.25) is 4.79 Å². The van der Waals surface area contributed by atoms with Crippen LogP contribution < -0.4 is 4.90 Å². The van der Waals surface area contributed by atoms with E-state index in [-0.39, 0.29) is 11.7 Å². The van der Waals surface area contributed by atoms with Crippen LogP contribution in [0.25, 0.3) is 0 Å². The van der Waals surface area contributed by atoms with Crippen molar-refractivity contribution in [3.8, 4) is 0 Å². The molecule has 1 aromatic rings. The van der Waals surface area contributed by atoms with Crippen LogP contribution in [0.3, 0.4) is 0 Å². The molecule has 0 atom stereocenters. The maximum atomic E-state index is 11.4. The van der Waals surface area contributed by atoms with Crippen LogP contribution in [-0.4, -0.2) is 24.8 Å². The van der Waals surface area contributed by atoms with Gasteiger partial charge in [-0.05, 0) is 43.5 Å². The van der Waals surface area contributed by atoms with E-state index in [0.717, 1.165) is 13.1 Å². The number of halogens is 1. The van der Waals surface area contributed by atoms with Gasteiger partial charge >= 0.3 is 0 Å². The van der Waals surface area contributed by atoms with Crippen molar-refractivity contribution in [2.75, 3.05) is 23.9 Å². The standard InChI is InChI=1S/C13H16ClNO/c14-10-13(16)11-4-6-12(7-5-11)15-8-2-1-3-9-15/h4-7H,1-3,8-10H2. The quantitative estimate of drug-likeness (QED) is 0.595.